The largest absolute Gasteiger partial charge is 0.497 e. The number of anilines is 1. The molecular formula is C18H23NO4S. The molecule has 0 amide bonds. The lowest BCUT2D eigenvalue weighted by molar-refractivity contribution is 0.414. The van der Waals surface area contributed by atoms with Crippen molar-refractivity contribution in [1.29, 1.82) is 0 Å². The Morgan fingerprint density at radius 1 is 0.917 bits per heavy atom. The number of methoxy groups -OCH3 is 2. The van der Waals surface area contributed by atoms with Gasteiger partial charge in [-0.25, -0.2) is 8.42 Å². The Kier molecular flexibility index (Phi) is 5.72. The first-order chi connectivity index (χ1) is 11.4. The summed E-state index contributed by atoms with van der Waals surface area (Å²) in [5.74, 6) is 1.30. The van der Waals surface area contributed by atoms with Crippen LogP contribution < -0.4 is 13.8 Å². The highest BCUT2D eigenvalue weighted by Crippen LogP contribution is 2.29. The van der Waals surface area contributed by atoms with E-state index < -0.39 is 10.0 Å². The van der Waals surface area contributed by atoms with E-state index in [1.54, 1.807) is 62.8 Å². The van der Waals surface area contributed by atoms with Gasteiger partial charge < -0.3 is 9.47 Å². The molecule has 0 aliphatic heterocycles. The zero-order chi connectivity index (χ0) is 17.7. The molecule has 0 saturated heterocycles. The minimum atomic E-state index is -3.67. The molecule has 130 valence electrons. The third-order valence-electron chi connectivity index (χ3n) is 3.93. The molecule has 0 spiro atoms. The lowest BCUT2D eigenvalue weighted by Gasteiger charge is -2.30. The van der Waals surface area contributed by atoms with Crippen LogP contribution in [0.5, 0.6) is 11.5 Å². The van der Waals surface area contributed by atoms with Crippen LogP contribution in [0.15, 0.2) is 53.4 Å². The predicted molar refractivity (Wildman–Crippen MR) is 95.4 cm³/mol. The molecule has 2 aromatic rings. The summed E-state index contributed by atoms with van der Waals surface area (Å²) in [5.41, 5.74) is 0.612. The van der Waals surface area contributed by atoms with E-state index in [0.717, 1.165) is 0 Å². The van der Waals surface area contributed by atoms with Crippen LogP contribution in [0.4, 0.5) is 5.69 Å². The van der Waals surface area contributed by atoms with Crippen LogP contribution in [0.3, 0.4) is 0 Å². The second-order valence-corrected chi connectivity index (χ2v) is 7.25. The number of rotatable bonds is 7. The fourth-order valence-electron chi connectivity index (χ4n) is 2.39. The van der Waals surface area contributed by atoms with Gasteiger partial charge in [-0.15, -0.1) is 0 Å². The van der Waals surface area contributed by atoms with E-state index in [2.05, 4.69) is 0 Å². The molecular weight excluding hydrogens is 326 g/mol. The highest BCUT2D eigenvalue weighted by molar-refractivity contribution is 7.92. The summed E-state index contributed by atoms with van der Waals surface area (Å²) in [6.45, 7) is 3.86. The maximum Gasteiger partial charge on any atom is 0.264 e. The topological polar surface area (TPSA) is 55.8 Å². The summed E-state index contributed by atoms with van der Waals surface area (Å²) < 4.78 is 38.0. The normalized spacial score (nSPS) is 12.5. The van der Waals surface area contributed by atoms with Gasteiger partial charge in [-0.05, 0) is 61.9 Å². The van der Waals surface area contributed by atoms with Crippen molar-refractivity contribution in [2.75, 3.05) is 18.5 Å². The van der Waals surface area contributed by atoms with Gasteiger partial charge in [0.2, 0.25) is 0 Å². The van der Waals surface area contributed by atoms with Gasteiger partial charge in [-0.3, -0.25) is 4.31 Å². The van der Waals surface area contributed by atoms with Gasteiger partial charge in [0.25, 0.3) is 10.0 Å². The van der Waals surface area contributed by atoms with Crippen molar-refractivity contribution in [2.24, 2.45) is 0 Å². The van der Waals surface area contributed by atoms with Crippen LogP contribution in [0.2, 0.25) is 0 Å². The number of ether oxygens (including phenoxy) is 2. The average Bonchev–Trinajstić information content (AvgIpc) is 2.62. The molecule has 0 N–H and O–H groups in total. The van der Waals surface area contributed by atoms with Crippen LogP contribution in [0.25, 0.3) is 0 Å². The first-order valence-electron chi connectivity index (χ1n) is 7.76. The van der Waals surface area contributed by atoms with Gasteiger partial charge in [0.05, 0.1) is 24.8 Å². The number of hydrogen-bond acceptors (Lipinski definition) is 4. The Balaban J connectivity index is 2.48. The first-order valence-corrected chi connectivity index (χ1v) is 9.20. The minimum absolute atomic E-state index is 0.175. The lowest BCUT2D eigenvalue weighted by atomic mass is 10.2. The summed E-state index contributed by atoms with van der Waals surface area (Å²) in [4.78, 5) is 0.236. The summed E-state index contributed by atoms with van der Waals surface area (Å²) in [6, 6.07) is 13.3. The van der Waals surface area contributed by atoms with Gasteiger partial charge >= 0.3 is 0 Å². The average molecular weight is 349 g/mol. The van der Waals surface area contributed by atoms with E-state index in [9.17, 15) is 8.42 Å². The summed E-state index contributed by atoms with van der Waals surface area (Å²) in [6.07, 6.45) is 0.696. The molecule has 0 bridgehead atoms. The molecule has 1 atom stereocenters. The Morgan fingerprint density at radius 3 is 1.79 bits per heavy atom. The van der Waals surface area contributed by atoms with Gasteiger partial charge in [-0.1, -0.05) is 6.92 Å². The van der Waals surface area contributed by atoms with E-state index >= 15 is 0 Å². The van der Waals surface area contributed by atoms with Crippen LogP contribution in [-0.2, 0) is 10.0 Å². The predicted octanol–water partition coefficient (Wildman–Crippen LogP) is 3.70. The molecule has 0 fully saturated rings. The smallest absolute Gasteiger partial charge is 0.264 e. The SMILES string of the molecule is CCC(C)N(c1ccc(OC)cc1)S(=O)(=O)c1ccc(OC)cc1. The Bertz CT molecular complexity index is 755. The molecule has 6 heteroatoms. The second kappa shape index (κ2) is 7.57. The van der Waals surface area contributed by atoms with E-state index in [1.807, 2.05) is 13.8 Å². The van der Waals surface area contributed by atoms with Crippen molar-refractivity contribution >= 4 is 15.7 Å². The number of benzene rings is 2. The van der Waals surface area contributed by atoms with Crippen LogP contribution >= 0.6 is 0 Å². The van der Waals surface area contributed by atoms with Gasteiger partial charge in [0.1, 0.15) is 11.5 Å². The highest BCUT2D eigenvalue weighted by atomic mass is 32.2. The fourth-order valence-corrected chi connectivity index (χ4v) is 4.12. The fraction of sp³-hybridized carbons (Fsp3) is 0.333. The summed E-state index contributed by atoms with van der Waals surface area (Å²) in [7, 11) is -0.546. The van der Waals surface area contributed by atoms with Crippen molar-refractivity contribution < 1.29 is 17.9 Å². The van der Waals surface area contributed by atoms with Crippen LogP contribution in [0, 0.1) is 0 Å². The molecule has 24 heavy (non-hydrogen) atoms. The van der Waals surface area contributed by atoms with E-state index in [0.29, 0.717) is 23.6 Å². The van der Waals surface area contributed by atoms with E-state index in [-0.39, 0.29) is 10.9 Å². The molecule has 5 nitrogen and oxygen atoms in total. The summed E-state index contributed by atoms with van der Waals surface area (Å²) in [5, 5.41) is 0. The Morgan fingerprint density at radius 2 is 1.38 bits per heavy atom. The molecule has 1 unspecified atom stereocenters. The molecule has 0 aromatic heterocycles. The van der Waals surface area contributed by atoms with Crippen molar-refractivity contribution in [3.8, 4) is 11.5 Å². The molecule has 0 heterocycles. The van der Waals surface area contributed by atoms with Crippen molar-refractivity contribution in [1.82, 2.24) is 0 Å². The molecule has 0 aliphatic rings. The Labute approximate surface area is 143 Å². The zero-order valence-corrected chi connectivity index (χ0v) is 15.2. The van der Waals surface area contributed by atoms with Crippen molar-refractivity contribution in [2.45, 2.75) is 31.2 Å². The zero-order valence-electron chi connectivity index (χ0n) is 14.4. The van der Waals surface area contributed by atoms with E-state index in [1.165, 1.54) is 4.31 Å². The lowest BCUT2D eigenvalue weighted by Crippen LogP contribution is -2.38. The third-order valence-corrected chi connectivity index (χ3v) is 5.89. The standard InChI is InChI=1S/C18H23NO4S/c1-5-14(2)19(15-6-8-16(22-3)9-7-15)24(20,21)18-12-10-17(23-4)11-13-18/h6-14H,5H2,1-4H3. The van der Waals surface area contributed by atoms with E-state index in [4.69, 9.17) is 9.47 Å². The second-order valence-electron chi connectivity index (χ2n) is 5.43. The van der Waals surface area contributed by atoms with Gasteiger partial charge in [0, 0.05) is 6.04 Å². The van der Waals surface area contributed by atoms with Gasteiger partial charge in [0.15, 0.2) is 0 Å². The van der Waals surface area contributed by atoms with Crippen molar-refractivity contribution in [3.63, 3.8) is 0 Å². The molecule has 0 saturated carbocycles. The van der Waals surface area contributed by atoms with Crippen LogP contribution in [-0.4, -0.2) is 28.7 Å². The molecule has 0 aliphatic carbocycles. The first kappa shape index (κ1) is 18.1. The van der Waals surface area contributed by atoms with Crippen molar-refractivity contribution in [3.05, 3.63) is 48.5 Å². The maximum absolute atomic E-state index is 13.1. The van der Waals surface area contributed by atoms with Gasteiger partial charge in [-0.2, -0.15) is 0 Å². The number of sulfonamides is 1. The monoisotopic (exact) mass is 349 g/mol. The molecule has 2 aromatic carbocycles. The highest BCUT2D eigenvalue weighted by Gasteiger charge is 2.28. The summed E-state index contributed by atoms with van der Waals surface area (Å²) >= 11 is 0. The Hall–Kier alpha value is -2.21. The third kappa shape index (κ3) is 3.64. The molecule has 2 rings (SSSR count). The minimum Gasteiger partial charge on any atom is -0.497 e. The molecule has 0 radical (unpaired) electrons. The maximum atomic E-state index is 13.1. The quantitative estimate of drug-likeness (QED) is 0.765. The van der Waals surface area contributed by atoms with Crippen LogP contribution in [0.1, 0.15) is 20.3 Å². The number of nitrogens with zero attached hydrogens (tertiary/aromatic N) is 1. The number of hydrogen-bond donors (Lipinski definition) is 0.